The minimum absolute atomic E-state index is 0.266. The normalized spacial score (nSPS) is 9.94. The zero-order chi connectivity index (χ0) is 12.3. The summed E-state index contributed by atoms with van der Waals surface area (Å²) in [5, 5.41) is 5.24. The van der Waals surface area contributed by atoms with Gasteiger partial charge < -0.3 is 5.32 Å². The van der Waals surface area contributed by atoms with Crippen molar-refractivity contribution in [3.8, 4) is 0 Å². The summed E-state index contributed by atoms with van der Waals surface area (Å²) in [7, 11) is 0. The maximum absolute atomic E-state index is 11.8. The van der Waals surface area contributed by atoms with Gasteiger partial charge in [0.2, 0.25) is 0 Å². The smallest absolute Gasteiger partial charge is 0.275 e. The van der Waals surface area contributed by atoms with E-state index in [1.807, 2.05) is 6.92 Å². The Morgan fingerprint density at radius 2 is 2.29 bits per heavy atom. The van der Waals surface area contributed by atoms with Gasteiger partial charge >= 0.3 is 0 Å². The molecule has 0 atom stereocenters. The van der Waals surface area contributed by atoms with Crippen molar-refractivity contribution in [2.75, 3.05) is 5.32 Å². The maximum atomic E-state index is 11.8. The number of rotatable bonds is 3. The molecule has 0 bridgehead atoms. The highest BCUT2D eigenvalue weighted by Crippen LogP contribution is 2.13. The molecule has 4 nitrogen and oxygen atoms in total. The molecular formula is C12H10N2O2S. The van der Waals surface area contributed by atoms with E-state index in [-0.39, 0.29) is 5.91 Å². The van der Waals surface area contributed by atoms with Crippen LogP contribution in [0, 0.1) is 6.92 Å². The number of nitrogens with zero attached hydrogens (tertiary/aromatic N) is 1. The summed E-state index contributed by atoms with van der Waals surface area (Å²) < 4.78 is 0. The Hall–Kier alpha value is -2.01. The van der Waals surface area contributed by atoms with E-state index in [1.54, 1.807) is 29.6 Å². The first-order valence-electron chi connectivity index (χ1n) is 4.98. The molecule has 0 unspecified atom stereocenters. The summed E-state index contributed by atoms with van der Waals surface area (Å²) in [5.41, 5.74) is 1.51. The molecule has 1 aromatic carbocycles. The molecular weight excluding hydrogens is 236 g/mol. The zero-order valence-electron chi connectivity index (χ0n) is 9.14. The summed E-state index contributed by atoms with van der Waals surface area (Å²) in [6.45, 7) is 1.84. The first kappa shape index (κ1) is 11.5. The lowest BCUT2D eigenvalue weighted by atomic mass is 10.2. The number of carbonyl (C=O) groups is 2. The van der Waals surface area contributed by atoms with E-state index in [0.717, 1.165) is 11.3 Å². The van der Waals surface area contributed by atoms with Crippen LogP contribution in [0.1, 0.15) is 25.9 Å². The van der Waals surface area contributed by atoms with Crippen LogP contribution in [0.2, 0.25) is 0 Å². The quantitative estimate of drug-likeness (QED) is 0.846. The van der Waals surface area contributed by atoms with Crippen LogP contribution >= 0.6 is 11.3 Å². The average molecular weight is 246 g/mol. The number of aromatic nitrogens is 1. The van der Waals surface area contributed by atoms with Gasteiger partial charge in [0.1, 0.15) is 12.0 Å². The summed E-state index contributed by atoms with van der Waals surface area (Å²) in [6, 6.07) is 6.73. The van der Waals surface area contributed by atoms with E-state index < -0.39 is 0 Å². The first-order chi connectivity index (χ1) is 8.19. The fourth-order valence-corrected chi connectivity index (χ4v) is 1.95. The number of carbonyl (C=O) groups excluding carboxylic acids is 2. The van der Waals surface area contributed by atoms with E-state index in [1.165, 1.54) is 11.3 Å². The molecule has 0 fully saturated rings. The SMILES string of the molecule is Cc1nc(C(=O)Nc2cccc(C=O)c2)cs1. The number of nitrogens with one attached hydrogen (secondary N) is 1. The summed E-state index contributed by atoms with van der Waals surface area (Å²) >= 11 is 1.42. The highest BCUT2D eigenvalue weighted by molar-refractivity contribution is 7.09. The zero-order valence-corrected chi connectivity index (χ0v) is 9.95. The predicted octanol–water partition coefficient (Wildman–Crippen LogP) is 2.52. The minimum Gasteiger partial charge on any atom is -0.321 e. The van der Waals surface area contributed by atoms with E-state index in [0.29, 0.717) is 16.9 Å². The van der Waals surface area contributed by atoms with Crippen molar-refractivity contribution in [2.45, 2.75) is 6.92 Å². The predicted molar refractivity (Wildman–Crippen MR) is 66.6 cm³/mol. The van der Waals surface area contributed by atoms with Crippen LogP contribution in [0.5, 0.6) is 0 Å². The van der Waals surface area contributed by atoms with E-state index in [9.17, 15) is 9.59 Å². The number of aldehydes is 1. The number of anilines is 1. The molecule has 17 heavy (non-hydrogen) atoms. The number of aryl methyl sites for hydroxylation is 1. The van der Waals surface area contributed by atoms with Gasteiger partial charge in [-0.1, -0.05) is 12.1 Å². The van der Waals surface area contributed by atoms with Gasteiger partial charge in [-0.15, -0.1) is 11.3 Å². The van der Waals surface area contributed by atoms with Crippen LogP contribution in [0.15, 0.2) is 29.6 Å². The largest absolute Gasteiger partial charge is 0.321 e. The molecule has 0 aliphatic rings. The number of hydrogen-bond donors (Lipinski definition) is 1. The van der Waals surface area contributed by atoms with Gasteiger partial charge in [-0.25, -0.2) is 4.98 Å². The van der Waals surface area contributed by atoms with Gasteiger partial charge in [0.15, 0.2) is 0 Å². The minimum atomic E-state index is -0.266. The standard InChI is InChI=1S/C12H10N2O2S/c1-8-13-11(7-17-8)12(16)14-10-4-2-3-9(5-10)6-15/h2-7H,1H3,(H,14,16). The van der Waals surface area contributed by atoms with Gasteiger partial charge in [0.25, 0.3) is 5.91 Å². The molecule has 86 valence electrons. The second-order valence-corrected chi connectivity index (χ2v) is 4.51. The molecule has 5 heteroatoms. The summed E-state index contributed by atoms with van der Waals surface area (Å²) in [5.74, 6) is -0.266. The number of amides is 1. The van der Waals surface area contributed by atoms with Crippen LogP contribution in [0.25, 0.3) is 0 Å². The van der Waals surface area contributed by atoms with E-state index in [4.69, 9.17) is 0 Å². The van der Waals surface area contributed by atoms with Crippen LogP contribution in [0.3, 0.4) is 0 Å². The van der Waals surface area contributed by atoms with Crippen LogP contribution in [-0.2, 0) is 0 Å². The molecule has 0 aliphatic heterocycles. The van der Waals surface area contributed by atoms with Crippen molar-refractivity contribution in [3.05, 3.63) is 45.9 Å². The van der Waals surface area contributed by atoms with Crippen molar-refractivity contribution in [1.82, 2.24) is 4.98 Å². The Labute approximate surface area is 102 Å². The van der Waals surface area contributed by atoms with E-state index >= 15 is 0 Å². The molecule has 2 aromatic rings. The fraction of sp³-hybridized carbons (Fsp3) is 0.0833. The fourth-order valence-electron chi connectivity index (χ4n) is 1.35. The Kier molecular flexibility index (Phi) is 3.30. The van der Waals surface area contributed by atoms with Gasteiger partial charge in [0.05, 0.1) is 5.01 Å². The first-order valence-corrected chi connectivity index (χ1v) is 5.86. The van der Waals surface area contributed by atoms with Crippen molar-refractivity contribution in [1.29, 1.82) is 0 Å². The molecule has 0 radical (unpaired) electrons. The van der Waals surface area contributed by atoms with Crippen molar-refractivity contribution in [3.63, 3.8) is 0 Å². The topological polar surface area (TPSA) is 59.1 Å². The van der Waals surface area contributed by atoms with Gasteiger partial charge in [-0.2, -0.15) is 0 Å². The third-order valence-electron chi connectivity index (χ3n) is 2.13. The molecule has 1 heterocycles. The Bertz CT molecular complexity index is 563. The Morgan fingerprint density at radius 1 is 1.47 bits per heavy atom. The van der Waals surface area contributed by atoms with E-state index in [2.05, 4.69) is 10.3 Å². The average Bonchev–Trinajstić information content (AvgIpc) is 2.76. The monoisotopic (exact) mass is 246 g/mol. The highest BCUT2D eigenvalue weighted by atomic mass is 32.1. The van der Waals surface area contributed by atoms with Crippen LogP contribution < -0.4 is 5.32 Å². The number of hydrogen-bond acceptors (Lipinski definition) is 4. The van der Waals surface area contributed by atoms with Gasteiger partial charge in [-0.3, -0.25) is 9.59 Å². The van der Waals surface area contributed by atoms with Crippen molar-refractivity contribution >= 4 is 29.2 Å². The van der Waals surface area contributed by atoms with Gasteiger partial charge in [-0.05, 0) is 19.1 Å². The molecule has 1 amide bonds. The second-order valence-electron chi connectivity index (χ2n) is 3.45. The summed E-state index contributed by atoms with van der Waals surface area (Å²) in [4.78, 5) is 26.5. The molecule has 0 saturated carbocycles. The molecule has 0 spiro atoms. The summed E-state index contributed by atoms with van der Waals surface area (Å²) in [6.07, 6.45) is 0.739. The van der Waals surface area contributed by atoms with Crippen molar-refractivity contribution < 1.29 is 9.59 Å². The lowest BCUT2D eigenvalue weighted by Crippen LogP contribution is -2.12. The van der Waals surface area contributed by atoms with Gasteiger partial charge in [0, 0.05) is 16.6 Å². The highest BCUT2D eigenvalue weighted by Gasteiger charge is 2.09. The molecule has 2 rings (SSSR count). The molecule has 0 saturated heterocycles. The van der Waals surface area contributed by atoms with Crippen LogP contribution in [-0.4, -0.2) is 17.2 Å². The Morgan fingerprint density at radius 3 is 2.94 bits per heavy atom. The number of thiazole rings is 1. The third kappa shape index (κ3) is 2.76. The van der Waals surface area contributed by atoms with Crippen molar-refractivity contribution in [2.24, 2.45) is 0 Å². The second kappa shape index (κ2) is 4.88. The maximum Gasteiger partial charge on any atom is 0.275 e. The van der Waals surface area contributed by atoms with Crippen LogP contribution in [0.4, 0.5) is 5.69 Å². The Balaban J connectivity index is 2.15. The third-order valence-corrected chi connectivity index (χ3v) is 2.91. The molecule has 1 aromatic heterocycles. The lowest BCUT2D eigenvalue weighted by Gasteiger charge is -2.03. The molecule has 1 N–H and O–H groups in total. The lowest BCUT2D eigenvalue weighted by molar-refractivity contribution is 0.102. The number of benzene rings is 1. The molecule has 0 aliphatic carbocycles.